The number of alkyl halides is 3. The molecule has 0 saturated carbocycles. The van der Waals surface area contributed by atoms with E-state index in [-0.39, 0.29) is 18.9 Å². The zero-order valence-corrected chi connectivity index (χ0v) is 12.2. The molecule has 1 aliphatic rings. The summed E-state index contributed by atoms with van der Waals surface area (Å²) in [6.07, 6.45) is -1.88. The molecule has 3 N–H and O–H groups in total. The Hall–Kier alpha value is -2.17. The smallest absolute Gasteiger partial charge is 0.408 e. The molecule has 1 fully saturated rings. The minimum atomic E-state index is -4.31. The molecule has 1 aromatic heterocycles. The molecule has 0 spiro atoms. The highest BCUT2D eigenvalue weighted by atomic mass is 19.4. The molecular weight excluding hydrogens is 319 g/mol. The minimum Gasteiger partial charge on any atom is -0.483 e. The summed E-state index contributed by atoms with van der Waals surface area (Å²) in [6, 6.07) is 0. The second kappa shape index (κ2) is 8.46. The van der Waals surface area contributed by atoms with Crippen LogP contribution in [0.4, 0.5) is 13.2 Å². The van der Waals surface area contributed by atoms with Gasteiger partial charge in [-0.2, -0.15) is 18.3 Å². The highest BCUT2D eigenvalue weighted by molar-refractivity contribution is 5.75. The van der Waals surface area contributed by atoms with Gasteiger partial charge in [0.2, 0.25) is 5.91 Å². The molecule has 1 saturated heterocycles. The van der Waals surface area contributed by atoms with E-state index in [1.165, 1.54) is 0 Å². The van der Waals surface area contributed by atoms with E-state index in [0.29, 0.717) is 31.8 Å². The van der Waals surface area contributed by atoms with Crippen LogP contribution in [0.2, 0.25) is 0 Å². The first-order valence-electron chi connectivity index (χ1n) is 6.79. The minimum absolute atomic E-state index is 0.0658. The molecule has 8 nitrogen and oxygen atoms in total. The van der Waals surface area contributed by atoms with Gasteiger partial charge in [0.1, 0.15) is 18.7 Å². The Balaban J connectivity index is 0.000000816. The Morgan fingerprint density at radius 2 is 2.00 bits per heavy atom. The van der Waals surface area contributed by atoms with Crippen LogP contribution >= 0.6 is 0 Å². The Morgan fingerprint density at radius 3 is 2.48 bits per heavy atom. The van der Waals surface area contributed by atoms with Crippen molar-refractivity contribution in [3.63, 3.8) is 0 Å². The topological polar surface area (TPSA) is 114 Å². The van der Waals surface area contributed by atoms with Gasteiger partial charge in [-0.3, -0.25) is 14.5 Å². The fourth-order valence-electron chi connectivity index (χ4n) is 2.45. The van der Waals surface area contributed by atoms with Gasteiger partial charge in [-0.05, 0) is 25.9 Å². The van der Waals surface area contributed by atoms with Crippen LogP contribution in [-0.2, 0) is 16.1 Å². The van der Waals surface area contributed by atoms with Crippen molar-refractivity contribution in [1.82, 2.24) is 19.7 Å². The molecule has 130 valence electrons. The third-order valence-electron chi connectivity index (χ3n) is 3.31. The van der Waals surface area contributed by atoms with Crippen LogP contribution in [0.25, 0.3) is 0 Å². The normalized spacial score (nSPS) is 16.5. The van der Waals surface area contributed by atoms with Crippen molar-refractivity contribution in [3.8, 4) is 0 Å². The van der Waals surface area contributed by atoms with E-state index in [2.05, 4.69) is 10.1 Å². The lowest BCUT2D eigenvalue weighted by atomic mass is 9.96. The SMILES string of the molecule is NC(=O)CN1CCC(c2ncnn2CC(F)(F)F)CC1.O=CO. The van der Waals surface area contributed by atoms with Gasteiger partial charge in [-0.25, -0.2) is 9.67 Å². The van der Waals surface area contributed by atoms with Gasteiger partial charge in [-0.15, -0.1) is 0 Å². The molecule has 23 heavy (non-hydrogen) atoms. The van der Waals surface area contributed by atoms with Crippen LogP contribution in [0, 0.1) is 0 Å². The van der Waals surface area contributed by atoms with Crippen molar-refractivity contribution in [1.29, 1.82) is 0 Å². The van der Waals surface area contributed by atoms with Gasteiger partial charge < -0.3 is 10.8 Å². The summed E-state index contributed by atoms with van der Waals surface area (Å²) in [5, 5.41) is 10.5. The van der Waals surface area contributed by atoms with Crippen molar-refractivity contribution in [2.75, 3.05) is 19.6 Å². The molecule has 2 heterocycles. The highest BCUT2D eigenvalue weighted by Crippen LogP contribution is 2.27. The molecule has 2 rings (SSSR count). The van der Waals surface area contributed by atoms with Crippen molar-refractivity contribution in [2.45, 2.75) is 31.5 Å². The number of halogens is 3. The fraction of sp³-hybridized carbons (Fsp3) is 0.667. The maximum absolute atomic E-state index is 12.4. The number of likely N-dealkylation sites (tertiary alicyclic amines) is 1. The van der Waals surface area contributed by atoms with E-state index in [1.54, 1.807) is 0 Å². The average molecular weight is 337 g/mol. The Labute approximate surface area is 130 Å². The molecule has 0 radical (unpaired) electrons. The number of hydrogen-bond acceptors (Lipinski definition) is 5. The Bertz CT molecular complexity index is 512. The number of carboxylic acid groups (broad SMARTS) is 1. The molecule has 1 aliphatic heterocycles. The number of aromatic nitrogens is 3. The predicted molar refractivity (Wildman–Crippen MR) is 72.4 cm³/mol. The third-order valence-corrected chi connectivity index (χ3v) is 3.31. The van der Waals surface area contributed by atoms with Gasteiger partial charge in [0, 0.05) is 5.92 Å². The summed E-state index contributed by atoms with van der Waals surface area (Å²) in [5.41, 5.74) is 5.11. The van der Waals surface area contributed by atoms with E-state index in [4.69, 9.17) is 15.6 Å². The van der Waals surface area contributed by atoms with E-state index in [0.717, 1.165) is 11.0 Å². The summed E-state index contributed by atoms with van der Waals surface area (Å²) < 4.78 is 38.2. The molecule has 0 unspecified atom stereocenters. The maximum atomic E-state index is 12.4. The van der Waals surface area contributed by atoms with Crippen LogP contribution in [0.3, 0.4) is 0 Å². The molecule has 0 aliphatic carbocycles. The average Bonchev–Trinajstić information content (AvgIpc) is 2.85. The number of amides is 1. The number of hydrogen-bond donors (Lipinski definition) is 2. The van der Waals surface area contributed by atoms with Crippen molar-refractivity contribution < 1.29 is 27.9 Å². The Kier molecular flexibility index (Phi) is 6.94. The van der Waals surface area contributed by atoms with Crippen molar-refractivity contribution in [3.05, 3.63) is 12.2 Å². The van der Waals surface area contributed by atoms with Gasteiger partial charge in [0.15, 0.2) is 0 Å². The van der Waals surface area contributed by atoms with Crippen molar-refractivity contribution >= 4 is 12.4 Å². The quantitative estimate of drug-likeness (QED) is 0.759. The van der Waals surface area contributed by atoms with E-state index >= 15 is 0 Å². The first-order valence-corrected chi connectivity index (χ1v) is 6.79. The van der Waals surface area contributed by atoms with Gasteiger partial charge in [-0.1, -0.05) is 0 Å². The third kappa shape index (κ3) is 6.63. The second-order valence-electron chi connectivity index (χ2n) is 5.01. The molecule has 1 amide bonds. The zero-order valence-electron chi connectivity index (χ0n) is 12.2. The number of carbonyl (C=O) groups excluding carboxylic acids is 1. The molecule has 0 bridgehead atoms. The number of carbonyl (C=O) groups is 2. The standard InChI is InChI=1S/C11H16F3N5O.CH2O2/c12-11(13,14)6-19-10(16-7-17-19)8-1-3-18(4-2-8)5-9(15)20;2-1-3/h7-8H,1-6H2,(H2,15,20);1H,(H,2,3). The van der Waals surface area contributed by atoms with Crippen molar-refractivity contribution in [2.24, 2.45) is 5.73 Å². The van der Waals surface area contributed by atoms with E-state index in [1.807, 2.05) is 4.90 Å². The first-order chi connectivity index (χ1) is 10.8. The molecule has 1 aromatic rings. The summed E-state index contributed by atoms with van der Waals surface area (Å²) in [4.78, 5) is 25.0. The van der Waals surface area contributed by atoms with E-state index < -0.39 is 18.6 Å². The van der Waals surface area contributed by atoms with Crippen LogP contribution in [-0.4, -0.2) is 63.0 Å². The van der Waals surface area contributed by atoms with E-state index in [9.17, 15) is 18.0 Å². The fourth-order valence-corrected chi connectivity index (χ4v) is 2.45. The first kappa shape index (κ1) is 18.9. The van der Waals surface area contributed by atoms with Crippen LogP contribution < -0.4 is 5.73 Å². The summed E-state index contributed by atoms with van der Waals surface area (Å²) in [6.45, 7) is 0.0464. The van der Waals surface area contributed by atoms with Gasteiger partial charge in [0.25, 0.3) is 6.47 Å². The summed E-state index contributed by atoms with van der Waals surface area (Å²) >= 11 is 0. The second-order valence-corrected chi connectivity index (χ2v) is 5.01. The predicted octanol–water partition coefficient (Wildman–Crippen LogP) is 0.206. The molecule has 0 aromatic carbocycles. The summed E-state index contributed by atoms with van der Waals surface area (Å²) in [5.74, 6) is -0.103. The number of nitrogens with zero attached hydrogens (tertiary/aromatic N) is 4. The molecule has 11 heteroatoms. The van der Waals surface area contributed by atoms with Crippen LogP contribution in [0.15, 0.2) is 6.33 Å². The van der Waals surface area contributed by atoms with Crippen LogP contribution in [0.1, 0.15) is 24.6 Å². The lowest BCUT2D eigenvalue weighted by Gasteiger charge is -2.30. The zero-order chi connectivity index (χ0) is 17.5. The lowest BCUT2D eigenvalue weighted by Crippen LogP contribution is -2.39. The highest BCUT2D eigenvalue weighted by Gasteiger charge is 2.32. The lowest BCUT2D eigenvalue weighted by molar-refractivity contribution is -0.143. The van der Waals surface area contributed by atoms with Gasteiger partial charge in [0.05, 0.1) is 6.54 Å². The molecule has 0 atom stereocenters. The number of piperidine rings is 1. The van der Waals surface area contributed by atoms with Gasteiger partial charge >= 0.3 is 6.18 Å². The number of rotatable bonds is 4. The monoisotopic (exact) mass is 337 g/mol. The maximum Gasteiger partial charge on any atom is 0.408 e. The number of nitrogens with two attached hydrogens (primary N) is 1. The number of primary amides is 1. The Morgan fingerprint density at radius 1 is 1.43 bits per heavy atom. The van der Waals surface area contributed by atoms with Crippen LogP contribution in [0.5, 0.6) is 0 Å². The largest absolute Gasteiger partial charge is 0.483 e. The summed E-state index contributed by atoms with van der Waals surface area (Å²) in [7, 11) is 0. The molecular formula is C12H18F3N5O3.